The molecule has 1 saturated heterocycles. The third-order valence-corrected chi connectivity index (χ3v) is 9.81. The molecular formula is C35H42N2O5. The van der Waals surface area contributed by atoms with Crippen LogP contribution in [0.5, 0.6) is 17.2 Å². The smallest absolute Gasteiger partial charge is 0.308 e. The van der Waals surface area contributed by atoms with Crippen molar-refractivity contribution < 1.29 is 24.2 Å². The van der Waals surface area contributed by atoms with Crippen LogP contribution in [0, 0.1) is 18.8 Å². The van der Waals surface area contributed by atoms with E-state index in [4.69, 9.17) is 9.47 Å². The number of aryl methyl sites for hydroxylation is 1. The van der Waals surface area contributed by atoms with Crippen molar-refractivity contribution in [1.82, 2.24) is 9.80 Å². The van der Waals surface area contributed by atoms with Gasteiger partial charge < -0.3 is 19.5 Å². The summed E-state index contributed by atoms with van der Waals surface area (Å²) in [5.41, 5.74) is 3.73. The predicted molar refractivity (Wildman–Crippen MR) is 163 cm³/mol. The monoisotopic (exact) mass is 570 g/mol. The van der Waals surface area contributed by atoms with Crippen molar-refractivity contribution in [2.75, 3.05) is 19.6 Å². The average Bonchev–Trinajstić information content (AvgIpc) is 3.28. The molecule has 1 saturated carbocycles. The number of ether oxygens (including phenoxy) is 2. The number of benzene rings is 2. The number of aromatic hydroxyl groups is 1. The molecule has 2 heterocycles. The molecule has 2 aliphatic heterocycles. The fraction of sp³-hybridized carbons (Fsp3) is 0.486. The van der Waals surface area contributed by atoms with Gasteiger partial charge in [-0.1, -0.05) is 49.8 Å². The molecule has 222 valence electrons. The van der Waals surface area contributed by atoms with Crippen molar-refractivity contribution in [2.45, 2.75) is 77.0 Å². The van der Waals surface area contributed by atoms with Crippen LogP contribution in [0.4, 0.5) is 0 Å². The van der Waals surface area contributed by atoms with Crippen molar-refractivity contribution >= 4 is 18.0 Å². The molecule has 2 aromatic rings. The lowest BCUT2D eigenvalue weighted by Crippen LogP contribution is -2.69. The lowest BCUT2D eigenvalue weighted by Gasteiger charge is -2.60. The van der Waals surface area contributed by atoms with Crippen LogP contribution in [-0.4, -0.2) is 64.6 Å². The van der Waals surface area contributed by atoms with Crippen molar-refractivity contribution in [3.63, 3.8) is 0 Å². The van der Waals surface area contributed by atoms with Crippen LogP contribution in [-0.2, 0) is 21.4 Å². The molecule has 2 fully saturated rings. The van der Waals surface area contributed by atoms with Gasteiger partial charge in [0.2, 0.25) is 5.91 Å². The van der Waals surface area contributed by atoms with E-state index in [1.54, 1.807) is 6.08 Å². The minimum atomic E-state index is -0.413. The number of hydrogen-bond acceptors (Lipinski definition) is 6. The molecule has 1 spiro atoms. The van der Waals surface area contributed by atoms with Crippen LogP contribution in [0.15, 0.2) is 49.1 Å². The number of piperidine rings is 1. The minimum absolute atomic E-state index is 0.000625. The van der Waals surface area contributed by atoms with E-state index in [1.165, 1.54) is 13.0 Å². The summed E-state index contributed by atoms with van der Waals surface area (Å²) in [6.07, 6.45) is 8.59. The highest BCUT2D eigenvalue weighted by Gasteiger charge is 2.67. The number of nitrogens with zero attached hydrogens (tertiary/aromatic N) is 2. The summed E-state index contributed by atoms with van der Waals surface area (Å²) in [7, 11) is 0. The molecule has 5 atom stereocenters. The summed E-state index contributed by atoms with van der Waals surface area (Å²) in [6, 6.07) is 9.74. The Hall–Kier alpha value is -3.58. The molecule has 0 aromatic heterocycles. The van der Waals surface area contributed by atoms with Gasteiger partial charge in [-0.05, 0) is 62.6 Å². The predicted octanol–water partition coefficient (Wildman–Crippen LogP) is 5.42. The number of hydrogen-bond donors (Lipinski definition) is 1. The number of amides is 1. The molecule has 1 amide bonds. The van der Waals surface area contributed by atoms with Gasteiger partial charge in [-0.3, -0.25) is 14.5 Å². The Morgan fingerprint density at radius 2 is 2.10 bits per heavy atom. The molecule has 7 nitrogen and oxygen atoms in total. The lowest BCUT2D eigenvalue weighted by atomic mass is 9.50. The van der Waals surface area contributed by atoms with E-state index in [1.807, 2.05) is 42.2 Å². The fourth-order valence-electron chi connectivity index (χ4n) is 8.43. The van der Waals surface area contributed by atoms with Gasteiger partial charge >= 0.3 is 5.97 Å². The summed E-state index contributed by atoms with van der Waals surface area (Å²) in [5, 5.41) is 11.2. The van der Waals surface area contributed by atoms with Crippen LogP contribution in [0.3, 0.4) is 0 Å². The SMILES string of the molecule is C=CCN1CC[C@]23c4c5c(OC(C)=O)cc(O)c4O[C@H]2[C@H](N(CC(C)C)C(=O)C=Cc2cccc(C)c2)CC[C@H]3[C@H]1C5. The van der Waals surface area contributed by atoms with Gasteiger partial charge in [-0.2, -0.15) is 0 Å². The first-order valence-electron chi connectivity index (χ1n) is 15.3. The second kappa shape index (κ2) is 10.9. The molecule has 2 bridgehead atoms. The molecule has 0 radical (unpaired) electrons. The first-order valence-corrected chi connectivity index (χ1v) is 15.3. The summed E-state index contributed by atoms with van der Waals surface area (Å²) in [5.74, 6) is 1.06. The van der Waals surface area contributed by atoms with Gasteiger partial charge in [-0.25, -0.2) is 0 Å². The zero-order valence-electron chi connectivity index (χ0n) is 25.1. The molecule has 2 aliphatic carbocycles. The van der Waals surface area contributed by atoms with Gasteiger partial charge in [0.05, 0.1) is 6.04 Å². The van der Waals surface area contributed by atoms with Crippen molar-refractivity contribution in [3.8, 4) is 17.2 Å². The van der Waals surface area contributed by atoms with E-state index in [-0.39, 0.29) is 41.2 Å². The first-order chi connectivity index (χ1) is 20.1. The Labute approximate surface area is 248 Å². The van der Waals surface area contributed by atoms with Gasteiger partial charge in [0.15, 0.2) is 11.5 Å². The number of phenolic OH excluding ortho intramolecular Hbond substituents is 1. The third-order valence-electron chi connectivity index (χ3n) is 9.81. The van der Waals surface area contributed by atoms with Gasteiger partial charge in [0.1, 0.15) is 11.9 Å². The Morgan fingerprint density at radius 1 is 1.29 bits per heavy atom. The van der Waals surface area contributed by atoms with Gasteiger partial charge in [0.25, 0.3) is 0 Å². The maximum absolute atomic E-state index is 14.0. The van der Waals surface area contributed by atoms with Gasteiger partial charge in [-0.15, -0.1) is 6.58 Å². The molecular weight excluding hydrogens is 528 g/mol. The molecule has 4 aliphatic rings. The number of phenols is 1. The summed E-state index contributed by atoms with van der Waals surface area (Å²) in [6.45, 7) is 14.0. The highest BCUT2D eigenvalue weighted by Crippen LogP contribution is 2.65. The first kappa shape index (κ1) is 28.5. The number of rotatable bonds is 8. The van der Waals surface area contributed by atoms with Crippen molar-refractivity contribution in [3.05, 3.63) is 71.3 Å². The van der Waals surface area contributed by atoms with Crippen molar-refractivity contribution in [1.29, 1.82) is 0 Å². The Balaban J connectivity index is 1.43. The highest BCUT2D eigenvalue weighted by atomic mass is 16.5. The highest BCUT2D eigenvalue weighted by molar-refractivity contribution is 5.92. The van der Waals surface area contributed by atoms with E-state index in [9.17, 15) is 14.7 Å². The van der Waals surface area contributed by atoms with Crippen LogP contribution >= 0.6 is 0 Å². The molecule has 7 heteroatoms. The van der Waals surface area contributed by atoms with E-state index in [0.717, 1.165) is 61.0 Å². The molecule has 42 heavy (non-hydrogen) atoms. The Bertz CT molecular complexity index is 1450. The van der Waals surface area contributed by atoms with E-state index >= 15 is 0 Å². The zero-order valence-corrected chi connectivity index (χ0v) is 25.1. The topological polar surface area (TPSA) is 79.3 Å². The number of carbonyl (C=O) groups is 2. The van der Waals surface area contributed by atoms with Crippen LogP contribution in [0.1, 0.15) is 62.3 Å². The largest absolute Gasteiger partial charge is 0.504 e. The second-order valence-electron chi connectivity index (χ2n) is 12.9. The van der Waals surface area contributed by atoms with Gasteiger partial charge in [0, 0.05) is 54.7 Å². The maximum atomic E-state index is 14.0. The Morgan fingerprint density at radius 3 is 2.81 bits per heavy atom. The summed E-state index contributed by atoms with van der Waals surface area (Å²) >= 11 is 0. The molecule has 2 aromatic carbocycles. The van der Waals surface area contributed by atoms with Crippen LogP contribution in [0.25, 0.3) is 6.08 Å². The van der Waals surface area contributed by atoms with E-state index in [0.29, 0.717) is 24.0 Å². The average molecular weight is 571 g/mol. The lowest BCUT2D eigenvalue weighted by molar-refractivity contribution is -0.138. The summed E-state index contributed by atoms with van der Waals surface area (Å²) < 4.78 is 12.5. The van der Waals surface area contributed by atoms with E-state index in [2.05, 4.69) is 31.4 Å². The number of likely N-dealkylation sites (tertiary alicyclic amines) is 1. The number of carbonyl (C=O) groups excluding carboxylic acids is 2. The van der Waals surface area contributed by atoms with Crippen LogP contribution < -0.4 is 9.47 Å². The minimum Gasteiger partial charge on any atom is -0.504 e. The summed E-state index contributed by atoms with van der Waals surface area (Å²) in [4.78, 5) is 30.6. The third kappa shape index (κ3) is 4.62. The standard InChI is InChI=1S/C35H42N2O5/c1-6-15-36-16-14-35-26-11-12-27(37(20-21(2)3)31(40)13-10-24-9-7-8-22(4)17-24)34(35)42-33-29(39)19-30(41-23(5)38)25(32(33)35)18-28(26)36/h6-10,13,17,19,21,26-28,34,39H,1,11-12,14-16,18,20H2,2-5H3/t26-,27+,28+,34-,35-/m0/s1. The maximum Gasteiger partial charge on any atom is 0.308 e. The molecule has 0 unspecified atom stereocenters. The fourth-order valence-corrected chi connectivity index (χ4v) is 8.43. The second-order valence-corrected chi connectivity index (χ2v) is 12.9. The van der Waals surface area contributed by atoms with E-state index < -0.39 is 5.97 Å². The molecule has 1 N–H and O–H groups in total. The number of esters is 1. The Kier molecular flexibility index (Phi) is 7.42. The molecule has 6 rings (SSSR count). The normalized spacial score (nSPS) is 27.5. The van der Waals surface area contributed by atoms with Crippen molar-refractivity contribution in [2.24, 2.45) is 11.8 Å². The van der Waals surface area contributed by atoms with Crippen LogP contribution in [0.2, 0.25) is 0 Å². The zero-order chi connectivity index (χ0) is 29.8. The quantitative estimate of drug-likeness (QED) is 0.198.